The second-order valence-corrected chi connectivity index (χ2v) is 9.44. The molecular formula is C22H26N2O5. The van der Waals surface area contributed by atoms with Crippen LogP contribution in [-0.4, -0.2) is 48.3 Å². The van der Waals surface area contributed by atoms with Crippen LogP contribution in [0.2, 0.25) is 0 Å². The fourth-order valence-corrected chi connectivity index (χ4v) is 6.02. The summed E-state index contributed by atoms with van der Waals surface area (Å²) in [7, 11) is 3.23. The van der Waals surface area contributed by atoms with Crippen LogP contribution in [0.4, 0.5) is 0 Å². The van der Waals surface area contributed by atoms with E-state index in [1.54, 1.807) is 14.2 Å². The van der Waals surface area contributed by atoms with E-state index in [1.807, 2.05) is 39.0 Å². The van der Waals surface area contributed by atoms with Crippen molar-refractivity contribution in [2.45, 2.75) is 38.8 Å². The molecule has 5 rings (SSSR count). The van der Waals surface area contributed by atoms with Gasteiger partial charge in [-0.15, -0.1) is 0 Å². The Hall–Kier alpha value is -2.57. The SMILES string of the molecule is COc1ccc(C2=NO[C@@H]3[C@H]4C[C@H]([C@H]5C(=O)N(C(C)(C)C)C(=O)[C@@H]45)[C@H]23)c(OC)c1. The van der Waals surface area contributed by atoms with Crippen LogP contribution in [0.5, 0.6) is 11.5 Å². The third-order valence-corrected chi connectivity index (χ3v) is 7.05. The van der Waals surface area contributed by atoms with E-state index in [0.717, 1.165) is 17.7 Å². The molecule has 3 fully saturated rings. The maximum atomic E-state index is 13.3. The van der Waals surface area contributed by atoms with E-state index in [0.29, 0.717) is 11.5 Å². The van der Waals surface area contributed by atoms with Crippen molar-refractivity contribution >= 4 is 17.5 Å². The van der Waals surface area contributed by atoms with Crippen LogP contribution in [0, 0.1) is 29.6 Å². The molecule has 0 radical (unpaired) electrons. The number of imide groups is 1. The number of ether oxygens (including phenoxy) is 2. The molecule has 2 aliphatic heterocycles. The van der Waals surface area contributed by atoms with Gasteiger partial charge in [-0.1, -0.05) is 5.16 Å². The molecule has 6 atom stereocenters. The molecule has 1 aromatic rings. The van der Waals surface area contributed by atoms with E-state index in [1.165, 1.54) is 4.90 Å². The number of hydrogen-bond acceptors (Lipinski definition) is 6. The van der Waals surface area contributed by atoms with Gasteiger partial charge in [-0.3, -0.25) is 14.5 Å². The van der Waals surface area contributed by atoms with Crippen LogP contribution in [0.15, 0.2) is 23.4 Å². The van der Waals surface area contributed by atoms with Gasteiger partial charge in [0.1, 0.15) is 17.6 Å². The Morgan fingerprint density at radius 2 is 1.72 bits per heavy atom. The van der Waals surface area contributed by atoms with Gasteiger partial charge < -0.3 is 14.3 Å². The Kier molecular flexibility index (Phi) is 3.80. The van der Waals surface area contributed by atoms with Gasteiger partial charge >= 0.3 is 0 Å². The van der Waals surface area contributed by atoms with Crippen LogP contribution in [0.25, 0.3) is 0 Å². The molecule has 2 heterocycles. The standard InChI is InChI=1S/C22H26N2O5/c1-22(2,3)24-20(25)15-12-9-13(16(15)21(24)26)19-17(12)18(23-29-19)11-7-6-10(27-4)8-14(11)28-5/h6-8,12-13,15-17,19H,9H2,1-5H3/t12-,13+,15-,16+,17-,19-/m1/s1. The number of carbonyl (C=O) groups is 2. The van der Waals surface area contributed by atoms with E-state index in [-0.39, 0.29) is 47.5 Å². The van der Waals surface area contributed by atoms with Gasteiger partial charge in [0, 0.05) is 29.0 Å². The van der Waals surface area contributed by atoms with Crippen molar-refractivity contribution in [3.63, 3.8) is 0 Å². The zero-order valence-electron chi connectivity index (χ0n) is 17.3. The van der Waals surface area contributed by atoms with Gasteiger partial charge in [-0.2, -0.15) is 0 Å². The summed E-state index contributed by atoms with van der Waals surface area (Å²) in [5, 5.41) is 4.40. The lowest BCUT2D eigenvalue weighted by molar-refractivity contribution is -0.146. The zero-order valence-corrected chi connectivity index (χ0v) is 17.3. The second-order valence-electron chi connectivity index (χ2n) is 9.44. The topological polar surface area (TPSA) is 77.4 Å². The molecule has 29 heavy (non-hydrogen) atoms. The van der Waals surface area contributed by atoms with Crippen LogP contribution in [0.1, 0.15) is 32.8 Å². The van der Waals surface area contributed by atoms with E-state index < -0.39 is 5.54 Å². The van der Waals surface area contributed by atoms with E-state index in [4.69, 9.17) is 14.3 Å². The molecule has 0 aromatic heterocycles. The Morgan fingerprint density at radius 1 is 1.03 bits per heavy atom. The summed E-state index contributed by atoms with van der Waals surface area (Å²) in [5.74, 6) is 0.827. The summed E-state index contributed by atoms with van der Waals surface area (Å²) in [6.45, 7) is 5.74. The maximum absolute atomic E-state index is 13.3. The predicted octanol–water partition coefficient (Wildman–Crippen LogP) is 2.47. The van der Waals surface area contributed by atoms with Crippen LogP contribution in [-0.2, 0) is 14.4 Å². The number of carbonyl (C=O) groups excluding carboxylic acids is 2. The highest BCUT2D eigenvalue weighted by Crippen LogP contribution is 2.62. The van der Waals surface area contributed by atoms with Gasteiger partial charge in [-0.25, -0.2) is 0 Å². The summed E-state index contributed by atoms with van der Waals surface area (Å²) >= 11 is 0. The summed E-state index contributed by atoms with van der Waals surface area (Å²) in [4.78, 5) is 33.7. The summed E-state index contributed by atoms with van der Waals surface area (Å²) in [6, 6.07) is 5.62. The number of amides is 2. The summed E-state index contributed by atoms with van der Waals surface area (Å²) < 4.78 is 10.9. The van der Waals surface area contributed by atoms with Gasteiger partial charge in [0.05, 0.1) is 31.8 Å². The second kappa shape index (κ2) is 5.97. The first-order valence-corrected chi connectivity index (χ1v) is 10.1. The fourth-order valence-electron chi connectivity index (χ4n) is 6.02. The number of benzene rings is 1. The quantitative estimate of drug-likeness (QED) is 0.731. The minimum Gasteiger partial charge on any atom is -0.497 e. The summed E-state index contributed by atoms with van der Waals surface area (Å²) in [6.07, 6.45) is 0.678. The minimum atomic E-state index is -0.510. The molecule has 2 amide bonds. The van der Waals surface area contributed by atoms with E-state index in [2.05, 4.69) is 5.16 Å². The van der Waals surface area contributed by atoms with Crippen molar-refractivity contribution in [3.05, 3.63) is 23.8 Å². The van der Waals surface area contributed by atoms with Crippen molar-refractivity contribution in [1.29, 1.82) is 0 Å². The first-order valence-electron chi connectivity index (χ1n) is 10.1. The molecular weight excluding hydrogens is 372 g/mol. The van der Waals surface area contributed by atoms with Gasteiger partial charge in [0.15, 0.2) is 0 Å². The highest BCUT2D eigenvalue weighted by Gasteiger charge is 2.71. The van der Waals surface area contributed by atoms with Crippen molar-refractivity contribution in [2.75, 3.05) is 14.2 Å². The molecule has 2 aliphatic carbocycles. The summed E-state index contributed by atoms with van der Waals surface area (Å²) in [5.41, 5.74) is 1.16. The number of nitrogens with zero attached hydrogens (tertiary/aromatic N) is 2. The Morgan fingerprint density at radius 3 is 2.34 bits per heavy atom. The molecule has 7 nitrogen and oxygen atoms in total. The smallest absolute Gasteiger partial charge is 0.234 e. The number of rotatable bonds is 3. The van der Waals surface area contributed by atoms with Gasteiger partial charge in [-0.05, 0) is 45.2 Å². The lowest BCUT2D eigenvalue weighted by Crippen LogP contribution is -2.46. The van der Waals surface area contributed by atoms with Crippen molar-refractivity contribution in [1.82, 2.24) is 4.90 Å². The number of likely N-dealkylation sites (tertiary alicyclic amines) is 1. The van der Waals surface area contributed by atoms with E-state index in [9.17, 15) is 9.59 Å². The third-order valence-electron chi connectivity index (χ3n) is 7.05. The molecule has 1 saturated heterocycles. The largest absolute Gasteiger partial charge is 0.497 e. The molecule has 154 valence electrons. The molecule has 4 aliphatic rings. The monoisotopic (exact) mass is 398 g/mol. The van der Waals surface area contributed by atoms with E-state index >= 15 is 0 Å². The number of fused-ring (bicyclic) bond motifs is 8. The third kappa shape index (κ3) is 2.33. The average molecular weight is 398 g/mol. The zero-order chi connectivity index (χ0) is 20.7. The highest BCUT2D eigenvalue weighted by atomic mass is 16.6. The molecule has 2 saturated carbocycles. The molecule has 2 bridgehead atoms. The predicted molar refractivity (Wildman–Crippen MR) is 105 cm³/mol. The number of methoxy groups -OCH3 is 2. The fraction of sp³-hybridized carbons (Fsp3) is 0.591. The molecule has 1 aromatic carbocycles. The molecule has 7 heteroatoms. The van der Waals surface area contributed by atoms with Crippen molar-refractivity contribution in [3.8, 4) is 11.5 Å². The first kappa shape index (κ1) is 18.5. The Bertz CT molecular complexity index is 934. The molecule has 0 N–H and O–H groups in total. The van der Waals surface area contributed by atoms with Crippen LogP contribution >= 0.6 is 0 Å². The normalized spacial score (nSPS) is 34.8. The van der Waals surface area contributed by atoms with Crippen LogP contribution < -0.4 is 9.47 Å². The number of hydrogen-bond donors (Lipinski definition) is 0. The minimum absolute atomic E-state index is 0.000197. The Labute approximate surface area is 170 Å². The average Bonchev–Trinajstić information content (AvgIpc) is 3.40. The maximum Gasteiger partial charge on any atom is 0.234 e. The van der Waals surface area contributed by atoms with Gasteiger partial charge in [0.2, 0.25) is 11.8 Å². The lowest BCUT2D eigenvalue weighted by atomic mass is 9.71. The number of oxime groups is 1. The van der Waals surface area contributed by atoms with Gasteiger partial charge in [0.25, 0.3) is 0 Å². The lowest BCUT2D eigenvalue weighted by Gasteiger charge is -2.31. The Balaban J connectivity index is 1.51. The first-order chi connectivity index (χ1) is 13.8. The van der Waals surface area contributed by atoms with Crippen molar-refractivity contribution in [2.24, 2.45) is 34.7 Å². The molecule has 0 unspecified atom stereocenters. The van der Waals surface area contributed by atoms with Crippen molar-refractivity contribution < 1.29 is 23.9 Å². The molecule has 0 spiro atoms. The highest BCUT2D eigenvalue weighted by molar-refractivity contribution is 6.10. The van der Waals surface area contributed by atoms with Crippen LogP contribution in [0.3, 0.4) is 0 Å².